The van der Waals surface area contributed by atoms with Gasteiger partial charge in [0.05, 0.1) is 6.04 Å². The molecule has 2 aromatic carbocycles. The maximum atomic E-state index is 13.5. The van der Waals surface area contributed by atoms with Crippen LogP contribution in [0.2, 0.25) is 0 Å². The number of rotatable bonds is 3. The van der Waals surface area contributed by atoms with E-state index in [9.17, 15) is 14.0 Å². The highest BCUT2D eigenvalue weighted by molar-refractivity contribution is 5.76. The van der Waals surface area contributed by atoms with E-state index in [2.05, 4.69) is 16.7 Å². The Labute approximate surface area is 168 Å². The minimum absolute atomic E-state index is 0.0783. The minimum Gasteiger partial charge on any atom is -0.465 e. The molecule has 0 spiro atoms. The number of halogens is 1. The van der Waals surface area contributed by atoms with Crippen LogP contribution in [-0.4, -0.2) is 40.3 Å². The van der Waals surface area contributed by atoms with E-state index in [1.54, 1.807) is 17.0 Å². The second kappa shape index (κ2) is 7.39. The molecule has 7 heteroatoms. The van der Waals surface area contributed by atoms with E-state index in [1.807, 2.05) is 25.1 Å². The average Bonchev–Trinajstić information content (AvgIpc) is 2.66. The number of nitrogens with zero attached hydrogens (tertiary/aromatic N) is 1. The molecule has 3 amide bonds. The normalized spacial score (nSPS) is 25.5. The third kappa shape index (κ3) is 3.90. The lowest BCUT2D eigenvalue weighted by Crippen LogP contribution is -2.63. The molecule has 1 fully saturated rings. The Morgan fingerprint density at radius 2 is 1.83 bits per heavy atom. The molecule has 1 saturated carbocycles. The highest BCUT2D eigenvalue weighted by Crippen LogP contribution is 2.36. The molecule has 152 valence electrons. The van der Waals surface area contributed by atoms with Crippen LogP contribution < -0.4 is 10.6 Å². The van der Waals surface area contributed by atoms with Crippen LogP contribution in [0.5, 0.6) is 0 Å². The van der Waals surface area contributed by atoms with Gasteiger partial charge >= 0.3 is 12.1 Å². The maximum Gasteiger partial charge on any atom is 0.405 e. The van der Waals surface area contributed by atoms with Crippen LogP contribution in [0.15, 0.2) is 48.5 Å². The third-order valence-electron chi connectivity index (χ3n) is 5.86. The molecule has 2 aromatic rings. The van der Waals surface area contributed by atoms with Crippen LogP contribution in [-0.2, 0) is 6.42 Å². The maximum absolute atomic E-state index is 13.5. The molecule has 0 aromatic heterocycles. The number of benzene rings is 2. The molecule has 3 N–H and O–H groups in total. The van der Waals surface area contributed by atoms with Gasteiger partial charge in [-0.25, -0.2) is 14.0 Å². The first kappa shape index (κ1) is 19.2. The monoisotopic (exact) mass is 397 g/mol. The molecule has 1 heterocycles. The molecule has 0 bridgehead atoms. The summed E-state index contributed by atoms with van der Waals surface area (Å²) in [6.45, 7) is 2.39. The van der Waals surface area contributed by atoms with Gasteiger partial charge in [-0.15, -0.1) is 0 Å². The first-order chi connectivity index (χ1) is 13.8. The summed E-state index contributed by atoms with van der Waals surface area (Å²) in [6.07, 6.45) is 0.804. The van der Waals surface area contributed by atoms with Gasteiger partial charge in [-0.3, -0.25) is 0 Å². The smallest absolute Gasteiger partial charge is 0.405 e. The lowest BCUT2D eigenvalue weighted by Gasteiger charge is -2.46. The van der Waals surface area contributed by atoms with Gasteiger partial charge in [0, 0.05) is 18.1 Å². The van der Waals surface area contributed by atoms with Crippen molar-refractivity contribution in [3.05, 3.63) is 71.0 Å². The summed E-state index contributed by atoms with van der Waals surface area (Å²) in [7, 11) is 0. The number of hydrogen-bond acceptors (Lipinski definition) is 2. The number of carbonyl (C=O) groups excluding carboxylic acids is 1. The van der Waals surface area contributed by atoms with E-state index < -0.39 is 11.6 Å². The van der Waals surface area contributed by atoms with Crippen molar-refractivity contribution >= 4 is 12.1 Å². The lowest BCUT2D eigenvalue weighted by molar-refractivity contribution is 0.121. The van der Waals surface area contributed by atoms with Crippen molar-refractivity contribution in [1.29, 1.82) is 0 Å². The lowest BCUT2D eigenvalue weighted by atomic mass is 9.74. The number of amides is 3. The zero-order valence-electron chi connectivity index (χ0n) is 16.2. The third-order valence-corrected chi connectivity index (χ3v) is 5.86. The van der Waals surface area contributed by atoms with E-state index in [0.717, 1.165) is 17.5 Å². The summed E-state index contributed by atoms with van der Waals surface area (Å²) in [5, 5.41) is 14.5. The summed E-state index contributed by atoms with van der Waals surface area (Å²) in [5.41, 5.74) is 2.59. The Balaban J connectivity index is 1.53. The van der Waals surface area contributed by atoms with E-state index in [0.29, 0.717) is 19.4 Å². The van der Waals surface area contributed by atoms with Crippen LogP contribution in [0.1, 0.15) is 42.5 Å². The fourth-order valence-electron chi connectivity index (χ4n) is 4.54. The van der Waals surface area contributed by atoms with Crippen molar-refractivity contribution in [3.63, 3.8) is 0 Å². The Kier molecular flexibility index (Phi) is 4.90. The molecule has 1 atom stereocenters. The number of carbonyl (C=O) groups is 2. The number of urea groups is 1. The van der Waals surface area contributed by atoms with Gasteiger partial charge in [-0.05, 0) is 55.0 Å². The molecule has 1 aliphatic carbocycles. The highest BCUT2D eigenvalue weighted by Gasteiger charge is 2.43. The summed E-state index contributed by atoms with van der Waals surface area (Å²) >= 11 is 0. The molecule has 2 aliphatic rings. The van der Waals surface area contributed by atoms with Crippen molar-refractivity contribution in [2.24, 2.45) is 0 Å². The SMILES string of the molecule is CC1(NC(=O)O)CC(NC(=O)N2CCc3ccccc3[C@@H]2c2ccc(F)cc2)C1. The summed E-state index contributed by atoms with van der Waals surface area (Å²) in [6, 6.07) is 13.7. The van der Waals surface area contributed by atoms with Crippen molar-refractivity contribution in [3.8, 4) is 0 Å². The molecular weight excluding hydrogens is 373 g/mol. The molecule has 29 heavy (non-hydrogen) atoms. The molecule has 6 nitrogen and oxygen atoms in total. The van der Waals surface area contributed by atoms with Crippen molar-refractivity contribution in [2.45, 2.75) is 43.8 Å². The van der Waals surface area contributed by atoms with Crippen LogP contribution in [0.4, 0.5) is 14.0 Å². The van der Waals surface area contributed by atoms with E-state index in [4.69, 9.17) is 5.11 Å². The molecule has 4 rings (SSSR count). The van der Waals surface area contributed by atoms with Gasteiger partial charge in [0.15, 0.2) is 0 Å². The van der Waals surface area contributed by atoms with Crippen LogP contribution in [0.25, 0.3) is 0 Å². The highest BCUT2D eigenvalue weighted by atomic mass is 19.1. The average molecular weight is 397 g/mol. The Morgan fingerprint density at radius 3 is 2.52 bits per heavy atom. The number of carboxylic acid groups (broad SMARTS) is 1. The first-order valence-corrected chi connectivity index (χ1v) is 9.76. The zero-order chi connectivity index (χ0) is 20.6. The van der Waals surface area contributed by atoms with Gasteiger partial charge in [0.1, 0.15) is 5.82 Å². The Bertz CT molecular complexity index is 925. The molecular formula is C22H24FN3O3. The minimum atomic E-state index is -1.05. The predicted molar refractivity (Wildman–Crippen MR) is 106 cm³/mol. The van der Waals surface area contributed by atoms with Crippen molar-refractivity contribution in [2.75, 3.05) is 6.54 Å². The van der Waals surface area contributed by atoms with E-state index in [-0.39, 0.29) is 23.9 Å². The van der Waals surface area contributed by atoms with Crippen LogP contribution in [0, 0.1) is 5.82 Å². The second-order valence-electron chi connectivity index (χ2n) is 8.14. The second-order valence-corrected chi connectivity index (χ2v) is 8.14. The van der Waals surface area contributed by atoms with Gasteiger partial charge in [0.25, 0.3) is 0 Å². The largest absolute Gasteiger partial charge is 0.465 e. The number of nitrogens with one attached hydrogen (secondary N) is 2. The van der Waals surface area contributed by atoms with Crippen LogP contribution in [0.3, 0.4) is 0 Å². The fraction of sp³-hybridized carbons (Fsp3) is 0.364. The van der Waals surface area contributed by atoms with Crippen molar-refractivity contribution in [1.82, 2.24) is 15.5 Å². The van der Waals surface area contributed by atoms with Gasteiger partial charge < -0.3 is 20.6 Å². The molecule has 1 aliphatic heterocycles. The van der Waals surface area contributed by atoms with Gasteiger partial charge in [-0.2, -0.15) is 0 Å². The van der Waals surface area contributed by atoms with Crippen LogP contribution >= 0.6 is 0 Å². The first-order valence-electron chi connectivity index (χ1n) is 9.76. The van der Waals surface area contributed by atoms with Crippen molar-refractivity contribution < 1.29 is 19.1 Å². The zero-order valence-corrected chi connectivity index (χ0v) is 16.2. The molecule has 0 unspecified atom stereocenters. The topological polar surface area (TPSA) is 81.7 Å². The van der Waals surface area contributed by atoms with Gasteiger partial charge in [0.2, 0.25) is 0 Å². The number of hydrogen-bond donors (Lipinski definition) is 3. The number of fused-ring (bicyclic) bond motifs is 1. The Morgan fingerprint density at radius 1 is 1.14 bits per heavy atom. The quantitative estimate of drug-likeness (QED) is 0.739. The molecule has 0 saturated heterocycles. The predicted octanol–water partition coefficient (Wildman–Crippen LogP) is 3.67. The van der Waals surface area contributed by atoms with E-state index in [1.165, 1.54) is 17.7 Å². The Hall–Kier alpha value is -3.09. The van der Waals surface area contributed by atoms with Gasteiger partial charge in [-0.1, -0.05) is 36.4 Å². The summed E-state index contributed by atoms with van der Waals surface area (Å²) in [4.78, 5) is 25.8. The van der Waals surface area contributed by atoms with E-state index >= 15 is 0 Å². The summed E-state index contributed by atoms with van der Waals surface area (Å²) < 4.78 is 13.5. The standard InChI is InChI=1S/C22H24FN3O3/c1-22(25-21(28)29)12-17(13-22)24-20(27)26-11-10-14-4-2-3-5-18(14)19(26)15-6-8-16(23)9-7-15/h2-9,17,19,25H,10-13H2,1H3,(H,24,27)(H,28,29)/t17?,19-,22?/m0/s1. The summed E-state index contributed by atoms with van der Waals surface area (Å²) in [5.74, 6) is -0.312. The molecule has 0 radical (unpaired) electrons. The fourth-order valence-corrected chi connectivity index (χ4v) is 4.54.